The molecule has 5 heteroatoms. The molecule has 3 rings (SSSR count). The van der Waals surface area contributed by atoms with Gasteiger partial charge in [0.05, 0.1) is 6.61 Å². The van der Waals surface area contributed by atoms with E-state index in [1.54, 1.807) is 0 Å². The van der Waals surface area contributed by atoms with Crippen LogP contribution in [0.4, 0.5) is 0 Å². The monoisotopic (exact) mass is 277 g/mol. The first kappa shape index (κ1) is 13.6. The molecule has 5 nitrogen and oxygen atoms in total. The zero-order valence-corrected chi connectivity index (χ0v) is 12.4. The highest BCUT2D eigenvalue weighted by Gasteiger charge is 2.57. The van der Waals surface area contributed by atoms with Crippen molar-refractivity contribution in [1.82, 2.24) is 14.8 Å². The van der Waals surface area contributed by atoms with Crippen molar-refractivity contribution in [2.24, 2.45) is 0 Å². The predicted octanol–water partition coefficient (Wildman–Crippen LogP) is 2.69. The third-order valence-corrected chi connectivity index (χ3v) is 4.65. The molecule has 0 bridgehead atoms. The largest absolute Gasteiger partial charge is 0.465 e. The fraction of sp³-hybridized carbons (Fsp3) is 0.800. The SMILES string of the molecule is CCOC(=O)C1(c2nnc(C)n2C2CCCCC2)CC1. The second-order valence-corrected chi connectivity index (χ2v) is 6.04. The van der Waals surface area contributed by atoms with Gasteiger partial charge in [-0.25, -0.2) is 0 Å². The molecule has 1 aromatic heterocycles. The number of rotatable bonds is 4. The van der Waals surface area contributed by atoms with Crippen LogP contribution < -0.4 is 0 Å². The van der Waals surface area contributed by atoms with Gasteiger partial charge in [-0.2, -0.15) is 0 Å². The zero-order valence-electron chi connectivity index (χ0n) is 12.4. The highest BCUT2D eigenvalue weighted by atomic mass is 16.5. The van der Waals surface area contributed by atoms with Gasteiger partial charge in [-0.3, -0.25) is 4.79 Å². The number of hydrogen-bond donors (Lipinski definition) is 0. The van der Waals surface area contributed by atoms with Crippen LogP contribution in [0.15, 0.2) is 0 Å². The summed E-state index contributed by atoms with van der Waals surface area (Å²) in [5.41, 5.74) is -0.505. The van der Waals surface area contributed by atoms with Crippen LogP contribution in [-0.4, -0.2) is 27.3 Å². The molecule has 2 aliphatic rings. The summed E-state index contributed by atoms with van der Waals surface area (Å²) in [4.78, 5) is 12.3. The minimum absolute atomic E-state index is 0.121. The van der Waals surface area contributed by atoms with Gasteiger partial charge in [0.1, 0.15) is 11.2 Å². The molecule has 1 heterocycles. The predicted molar refractivity (Wildman–Crippen MR) is 74.4 cm³/mol. The van der Waals surface area contributed by atoms with Crippen molar-refractivity contribution in [3.63, 3.8) is 0 Å². The van der Waals surface area contributed by atoms with Gasteiger partial charge in [0.2, 0.25) is 0 Å². The van der Waals surface area contributed by atoms with Crippen LogP contribution in [0.25, 0.3) is 0 Å². The molecule has 0 amide bonds. The average molecular weight is 277 g/mol. The maximum absolute atomic E-state index is 12.3. The number of carbonyl (C=O) groups is 1. The van der Waals surface area contributed by atoms with Crippen molar-refractivity contribution in [3.8, 4) is 0 Å². The molecule has 0 radical (unpaired) electrons. The molecule has 2 fully saturated rings. The van der Waals surface area contributed by atoms with Crippen LogP contribution in [-0.2, 0) is 14.9 Å². The quantitative estimate of drug-likeness (QED) is 0.794. The highest BCUT2D eigenvalue weighted by molar-refractivity contribution is 5.85. The number of nitrogens with zero attached hydrogens (tertiary/aromatic N) is 3. The Morgan fingerprint density at radius 3 is 2.60 bits per heavy atom. The molecule has 20 heavy (non-hydrogen) atoms. The van der Waals surface area contributed by atoms with Crippen molar-refractivity contribution in [2.75, 3.05) is 6.61 Å². The summed E-state index contributed by atoms with van der Waals surface area (Å²) in [7, 11) is 0. The summed E-state index contributed by atoms with van der Waals surface area (Å²) >= 11 is 0. The van der Waals surface area contributed by atoms with Crippen LogP contribution in [0.2, 0.25) is 0 Å². The van der Waals surface area contributed by atoms with E-state index < -0.39 is 5.41 Å². The molecule has 0 aromatic carbocycles. The molecule has 2 saturated carbocycles. The van der Waals surface area contributed by atoms with E-state index in [0.717, 1.165) is 24.5 Å². The lowest BCUT2D eigenvalue weighted by molar-refractivity contribution is -0.146. The van der Waals surface area contributed by atoms with Crippen LogP contribution in [0, 0.1) is 6.92 Å². The van der Waals surface area contributed by atoms with Gasteiger partial charge in [-0.1, -0.05) is 19.3 Å². The molecular weight excluding hydrogens is 254 g/mol. The topological polar surface area (TPSA) is 57.0 Å². The molecule has 0 N–H and O–H groups in total. The fourth-order valence-electron chi connectivity index (χ4n) is 3.39. The first-order valence-corrected chi connectivity index (χ1v) is 7.78. The third kappa shape index (κ3) is 2.13. The van der Waals surface area contributed by atoms with Gasteiger partial charge in [0.15, 0.2) is 5.82 Å². The lowest BCUT2D eigenvalue weighted by Gasteiger charge is -2.27. The van der Waals surface area contributed by atoms with Gasteiger partial charge in [0, 0.05) is 6.04 Å². The Labute approximate surface area is 119 Å². The maximum atomic E-state index is 12.3. The van der Waals surface area contributed by atoms with E-state index in [-0.39, 0.29) is 5.97 Å². The smallest absolute Gasteiger partial charge is 0.319 e. The van der Waals surface area contributed by atoms with E-state index in [1.807, 2.05) is 13.8 Å². The number of ether oxygens (including phenoxy) is 1. The number of aryl methyl sites for hydroxylation is 1. The van der Waals surface area contributed by atoms with E-state index in [4.69, 9.17) is 4.74 Å². The maximum Gasteiger partial charge on any atom is 0.319 e. The molecule has 0 spiro atoms. The molecule has 0 saturated heterocycles. The Hall–Kier alpha value is -1.39. The van der Waals surface area contributed by atoms with Crippen LogP contribution in [0.3, 0.4) is 0 Å². The normalized spacial score (nSPS) is 21.7. The number of aromatic nitrogens is 3. The van der Waals surface area contributed by atoms with Crippen LogP contribution in [0.1, 0.15) is 69.6 Å². The van der Waals surface area contributed by atoms with Crippen molar-refractivity contribution in [1.29, 1.82) is 0 Å². The van der Waals surface area contributed by atoms with Gasteiger partial charge < -0.3 is 9.30 Å². The summed E-state index contributed by atoms with van der Waals surface area (Å²) in [6.07, 6.45) is 7.86. The van der Waals surface area contributed by atoms with Gasteiger partial charge >= 0.3 is 5.97 Å². The highest BCUT2D eigenvalue weighted by Crippen LogP contribution is 2.49. The van der Waals surface area contributed by atoms with Crippen LogP contribution >= 0.6 is 0 Å². The molecule has 0 unspecified atom stereocenters. The zero-order chi connectivity index (χ0) is 14.2. The molecule has 110 valence electrons. The minimum atomic E-state index is -0.505. The number of hydrogen-bond acceptors (Lipinski definition) is 4. The average Bonchev–Trinajstić information content (AvgIpc) is 3.18. The van der Waals surface area contributed by atoms with Crippen LogP contribution in [0.5, 0.6) is 0 Å². The lowest BCUT2D eigenvalue weighted by Crippen LogP contribution is -2.29. The number of esters is 1. The molecule has 2 aliphatic carbocycles. The Bertz CT molecular complexity index is 499. The second-order valence-electron chi connectivity index (χ2n) is 6.04. The van der Waals surface area contributed by atoms with E-state index >= 15 is 0 Å². The fourth-order valence-corrected chi connectivity index (χ4v) is 3.39. The first-order valence-electron chi connectivity index (χ1n) is 7.78. The lowest BCUT2D eigenvalue weighted by atomic mass is 9.94. The van der Waals surface area contributed by atoms with Gasteiger partial charge in [-0.05, 0) is 39.5 Å². The van der Waals surface area contributed by atoms with Gasteiger partial charge in [0.25, 0.3) is 0 Å². The third-order valence-electron chi connectivity index (χ3n) is 4.65. The standard InChI is InChI=1S/C15H23N3O2/c1-3-20-14(19)15(9-10-15)13-17-16-11(2)18(13)12-7-5-4-6-8-12/h12H,3-10H2,1-2H3. The van der Waals surface area contributed by atoms with E-state index in [1.165, 1.54) is 32.1 Å². The van der Waals surface area contributed by atoms with Crippen molar-refractivity contribution in [3.05, 3.63) is 11.6 Å². The summed E-state index contributed by atoms with van der Waals surface area (Å²) in [5, 5.41) is 8.59. The Balaban J connectivity index is 1.92. The summed E-state index contributed by atoms with van der Waals surface area (Å²) in [6.45, 7) is 4.27. The summed E-state index contributed by atoms with van der Waals surface area (Å²) in [6, 6.07) is 0.459. The van der Waals surface area contributed by atoms with Crippen molar-refractivity contribution in [2.45, 2.75) is 70.3 Å². The Morgan fingerprint density at radius 2 is 2.00 bits per heavy atom. The van der Waals surface area contributed by atoms with Crippen molar-refractivity contribution >= 4 is 5.97 Å². The van der Waals surface area contributed by atoms with Crippen molar-refractivity contribution < 1.29 is 9.53 Å². The first-order chi connectivity index (χ1) is 9.69. The molecule has 1 aromatic rings. The van der Waals surface area contributed by atoms with E-state index in [0.29, 0.717) is 12.6 Å². The van der Waals surface area contributed by atoms with E-state index in [2.05, 4.69) is 14.8 Å². The molecule has 0 aliphatic heterocycles. The number of carbonyl (C=O) groups excluding carboxylic acids is 1. The second kappa shape index (κ2) is 5.19. The minimum Gasteiger partial charge on any atom is -0.465 e. The molecular formula is C15H23N3O2. The van der Waals surface area contributed by atoms with Gasteiger partial charge in [-0.15, -0.1) is 10.2 Å². The van der Waals surface area contributed by atoms with E-state index in [9.17, 15) is 4.79 Å². The summed E-state index contributed by atoms with van der Waals surface area (Å²) in [5.74, 6) is 1.66. The summed E-state index contributed by atoms with van der Waals surface area (Å²) < 4.78 is 7.48. The Kier molecular flexibility index (Phi) is 3.52. The molecule has 0 atom stereocenters. The Morgan fingerprint density at radius 1 is 1.30 bits per heavy atom.